The highest BCUT2D eigenvalue weighted by Crippen LogP contribution is 2.30. The molecular formula is C23H25NO6. The first-order valence-corrected chi connectivity index (χ1v) is 9.66. The standard InChI is InChI=1S/C23H25NO6/c1-13(2)24(14(3)4)23(27)30-16-8-6-15(7-9-16)18-12-29-20-11-17(28-5)10-19(25)21(20)22(18)26/h6-14,25H,1-5H3. The molecule has 0 atom stereocenters. The minimum Gasteiger partial charge on any atom is -0.507 e. The van der Waals surface area contributed by atoms with Crippen LogP contribution >= 0.6 is 0 Å². The molecule has 0 aliphatic rings. The highest BCUT2D eigenvalue weighted by atomic mass is 16.6. The van der Waals surface area contributed by atoms with Gasteiger partial charge in [0.1, 0.15) is 34.5 Å². The Labute approximate surface area is 174 Å². The first-order chi connectivity index (χ1) is 14.2. The summed E-state index contributed by atoms with van der Waals surface area (Å²) in [6.07, 6.45) is 0.904. The number of fused-ring (bicyclic) bond motifs is 1. The first kappa shape index (κ1) is 21.2. The molecule has 7 nitrogen and oxygen atoms in total. The average Bonchev–Trinajstić information content (AvgIpc) is 2.68. The van der Waals surface area contributed by atoms with Crippen LogP contribution < -0.4 is 14.9 Å². The van der Waals surface area contributed by atoms with E-state index >= 15 is 0 Å². The van der Waals surface area contributed by atoms with Crippen LogP contribution in [0.25, 0.3) is 22.1 Å². The Morgan fingerprint density at radius 1 is 1.03 bits per heavy atom. The van der Waals surface area contributed by atoms with Crippen molar-refractivity contribution < 1.29 is 23.8 Å². The number of ether oxygens (including phenoxy) is 2. The fourth-order valence-corrected chi connectivity index (χ4v) is 3.40. The zero-order valence-electron chi connectivity index (χ0n) is 17.6. The number of carbonyl (C=O) groups excluding carboxylic acids is 1. The van der Waals surface area contributed by atoms with Crippen LogP contribution in [0.3, 0.4) is 0 Å². The van der Waals surface area contributed by atoms with E-state index in [1.165, 1.54) is 25.5 Å². The van der Waals surface area contributed by atoms with E-state index in [9.17, 15) is 14.7 Å². The fraction of sp³-hybridized carbons (Fsp3) is 0.304. The molecule has 1 amide bonds. The lowest BCUT2D eigenvalue weighted by Gasteiger charge is -2.29. The number of methoxy groups -OCH3 is 1. The molecule has 158 valence electrons. The maximum atomic E-state index is 12.9. The van der Waals surface area contributed by atoms with Crippen LogP contribution in [0.1, 0.15) is 27.7 Å². The summed E-state index contributed by atoms with van der Waals surface area (Å²) in [5.41, 5.74) is 0.720. The van der Waals surface area contributed by atoms with Crippen molar-refractivity contribution in [2.24, 2.45) is 0 Å². The summed E-state index contributed by atoms with van der Waals surface area (Å²) in [6, 6.07) is 9.47. The third-order valence-electron chi connectivity index (χ3n) is 4.76. The third kappa shape index (κ3) is 4.10. The van der Waals surface area contributed by atoms with Gasteiger partial charge in [-0.2, -0.15) is 0 Å². The number of carbonyl (C=O) groups is 1. The SMILES string of the molecule is COc1cc(O)c2c(=O)c(-c3ccc(OC(=O)N(C(C)C)C(C)C)cc3)coc2c1. The molecule has 0 aliphatic heterocycles. The van der Waals surface area contributed by atoms with E-state index in [4.69, 9.17) is 13.9 Å². The molecule has 0 bridgehead atoms. The summed E-state index contributed by atoms with van der Waals surface area (Å²) < 4.78 is 16.1. The first-order valence-electron chi connectivity index (χ1n) is 9.66. The highest BCUT2D eigenvalue weighted by molar-refractivity contribution is 5.88. The number of hydrogen-bond donors (Lipinski definition) is 1. The van der Waals surface area contributed by atoms with Gasteiger partial charge in [-0.25, -0.2) is 4.79 Å². The average molecular weight is 411 g/mol. The second kappa shape index (κ2) is 8.49. The van der Waals surface area contributed by atoms with E-state index in [-0.39, 0.29) is 39.8 Å². The number of phenols is 1. The molecule has 3 aromatic rings. The van der Waals surface area contributed by atoms with Crippen LogP contribution in [0, 0.1) is 0 Å². The number of aromatic hydroxyl groups is 1. The Balaban J connectivity index is 1.90. The van der Waals surface area contributed by atoms with Crippen LogP contribution in [0.4, 0.5) is 4.79 Å². The Hall–Kier alpha value is -3.48. The van der Waals surface area contributed by atoms with Gasteiger partial charge < -0.3 is 23.9 Å². The van der Waals surface area contributed by atoms with Crippen LogP contribution in [-0.2, 0) is 0 Å². The monoisotopic (exact) mass is 411 g/mol. The molecule has 0 saturated carbocycles. The van der Waals surface area contributed by atoms with Crippen molar-refractivity contribution in [3.8, 4) is 28.4 Å². The van der Waals surface area contributed by atoms with Gasteiger partial charge in [0.15, 0.2) is 0 Å². The number of amides is 1. The van der Waals surface area contributed by atoms with E-state index < -0.39 is 6.09 Å². The predicted octanol–water partition coefficient (Wildman–Crippen LogP) is 4.79. The van der Waals surface area contributed by atoms with E-state index in [2.05, 4.69) is 0 Å². The van der Waals surface area contributed by atoms with Crippen LogP contribution in [0.5, 0.6) is 17.2 Å². The lowest BCUT2D eigenvalue weighted by atomic mass is 10.0. The second-order valence-electron chi connectivity index (χ2n) is 7.49. The number of rotatable bonds is 5. The summed E-state index contributed by atoms with van der Waals surface area (Å²) in [5, 5.41) is 10.3. The zero-order valence-corrected chi connectivity index (χ0v) is 17.6. The molecular weight excluding hydrogens is 386 g/mol. The summed E-state index contributed by atoms with van der Waals surface area (Å²) >= 11 is 0. The molecule has 0 unspecified atom stereocenters. The van der Waals surface area contributed by atoms with Gasteiger partial charge in [0.2, 0.25) is 5.43 Å². The normalized spacial score (nSPS) is 11.2. The van der Waals surface area contributed by atoms with E-state index in [0.717, 1.165) is 0 Å². The largest absolute Gasteiger partial charge is 0.507 e. The zero-order chi connectivity index (χ0) is 22.0. The van der Waals surface area contributed by atoms with E-state index in [1.807, 2.05) is 27.7 Å². The summed E-state index contributed by atoms with van der Waals surface area (Å²) in [4.78, 5) is 27.0. The van der Waals surface area contributed by atoms with Gasteiger partial charge in [0.25, 0.3) is 0 Å². The van der Waals surface area contributed by atoms with Gasteiger partial charge in [0.05, 0.1) is 12.7 Å². The summed E-state index contributed by atoms with van der Waals surface area (Å²) in [7, 11) is 1.46. The van der Waals surface area contributed by atoms with Gasteiger partial charge in [-0.3, -0.25) is 4.79 Å². The molecule has 0 radical (unpaired) electrons. The second-order valence-corrected chi connectivity index (χ2v) is 7.49. The Kier molecular flexibility index (Phi) is 6.01. The Bertz CT molecular complexity index is 1110. The third-order valence-corrected chi connectivity index (χ3v) is 4.76. The minimum absolute atomic E-state index is 0.00491. The predicted molar refractivity (Wildman–Crippen MR) is 114 cm³/mol. The van der Waals surface area contributed by atoms with Crippen LogP contribution in [0.2, 0.25) is 0 Å². The van der Waals surface area contributed by atoms with Gasteiger partial charge >= 0.3 is 6.09 Å². The van der Waals surface area contributed by atoms with Gasteiger partial charge in [0, 0.05) is 24.2 Å². The molecule has 0 fully saturated rings. The lowest BCUT2D eigenvalue weighted by molar-refractivity contribution is 0.122. The molecule has 2 aromatic carbocycles. The maximum absolute atomic E-state index is 12.9. The molecule has 30 heavy (non-hydrogen) atoms. The van der Waals surface area contributed by atoms with Crippen molar-refractivity contribution in [2.75, 3.05) is 7.11 Å². The van der Waals surface area contributed by atoms with E-state index in [0.29, 0.717) is 17.1 Å². The minimum atomic E-state index is -0.433. The van der Waals surface area contributed by atoms with Crippen molar-refractivity contribution in [1.29, 1.82) is 0 Å². The molecule has 1 N–H and O–H groups in total. The lowest BCUT2D eigenvalue weighted by Crippen LogP contribution is -2.43. The summed E-state index contributed by atoms with van der Waals surface area (Å²) in [5.74, 6) is 0.541. The van der Waals surface area contributed by atoms with Gasteiger partial charge in [-0.15, -0.1) is 0 Å². The van der Waals surface area contributed by atoms with Crippen LogP contribution in [0.15, 0.2) is 51.9 Å². The number of phenolic OH excluding ortho intramolecular Hbond substituents is 1. The number of hydrogen-bond acceptors (Lipinski definition) is 6. The van der Waals surface area contributed by atoms with Crippen molar-refractivity contribution in [3.63, 3.8) is 0 Å². The molecule has 0 spiro atoms. The Morgan fingerprint density at radius 2 is 1.67 bits per heavy atom. The maximum Gasteiger partial charge on any atom is 0.415 e. The molecule has 0 saturated heterocycles. The van der Waals surface area contributed by atoms with Gasteiger partial charge in [-0.05, 0) is 45.4 Å². The van der Waals surface area contributed by atoms with Crippen LogP contribution in [-0.4, -0.2) is 35.3 Å². The molecule has 1 aromatic heterocycles. The topological polar surface area (TPSA) is 89.2 Å². The van der Waals surface area contributed by atoms with Crippen molar-refractivity contribution in [2.45, 2.75) is 39.8 Å². The molecule has 0 aliphatic carbocycles. The quantitative estimate of drug-likeness (QED) is 0.649. The van der Waals surface area contributed by atoms with Crippen molar-refractivity contribution in [1.82, 2.24) is 4.90 Å². The van der Waals surface area contributed by atoms with Crippen molar-refractivity contribution in [3.05, 3.63) is 52.9 Å². The number of benzene rings is 2. The molecule has 3 rings (SSSR count). The van der Waals surface area contributed by atoms with Crippen molar-refractivity contribution >= 4 is 17.1 Å². The van der Waals surface area contributed by atoms with E-state index in [1.54, 1.807) is 29.2 Å². The summed E-state index contributed by atoms with van der Waals surface area (Å²) in [6.45, 7) is 7.70. The molecule has 1 heterocycles. The fourth-order valence-electron chi connectivity index (χ4n) is 3.40. The number of nitrogens with zero attached hydrogens (tertiary/aromatic N) is 1. The van der Waals surface area contributed by atoms with Gasteiger partial charge in [-0.1, -0.05) is 12.1 Å². The molecule has 7 heteroatoms. The highest BCUT2D eigenvalue weighted by Gasteiger charge is 2.22. The smallest absolute Gasteiger partial charge is 0.415 e. The Morgan fingerprint density at radius 3 is 2.23 bits per heavy atom.